The van der Waals surface area contributed by atoms with Crippen LogP contribution in [0.2, 0.25) is 15.1 Å². The molecular weight excluding hydrogens is 521 g/mol. The number of benzene rings is 2. The normalized spacial score (nSPS) is 12.2. The van der Waals surface area contributed by atoms with Gasteiger partial charge in [0.05, 0.1) is 17.0 Å². The third-order valence-corrected chi connectivity index (χ3v) is 7.21. The van der Waals surface area contributed by atoms with Crippen molar-refractivity contribution < 1.29 is 18.0 Å². The highest BCUT2D eigenvalue weighted by molar-refractivity contribution is 7.92. The Morgan fingerprint density at radius 1 is 1.03 bits per heavy atom. The summed E-state index contributed by atoms with van der Waals surface area (Å²) in [5.74, 6) is -0.538. The van der Waals surface area contributed by atoms with Gasteiger partial charge in [-0.1, -0.05) is 53.9 Å². The minimum Gasteiger partial charge on any atom is -0.357 e. The van der Waals surface area contributed by atoms with Crippen LogP contribution in [0.15, 0.2) is 42.5 Å². The van der Waals surface area contributed by atoms with Gasteiger partial charge in [-0.15, -0.1) is 0 Å². The highest BCUT2D eigenvalue weighted by Crippen LogP contribution is 2.31. The van der Waals surface area contributed by atoms with E-state index in [0.717, 1.165) is 16.1 Å². The monoisotopic (exact) mass is 547 g/mol. The van der Waals surface area contributed by atoms with Gasteiger partial charge in [-0.3, -0.25) is 13.9 Å². The van der Waals surface area contributed by atoms with Gasteiger partial charge in [0.1, 0.15) is 6.04 Å². The van der Waals surface area contributed by atoms with Gasteiger partial charge in [-0.25, -0.2) is 8.42 Å². The van der Waals surface area contributed by atoms with Gasteiger partial charge in [0, 0.05) is 36.6 Å². The number of amides is 2. The van der Waals surface area contributed by atoms with Crippen LogP contribution < -0.4 is 9.62 Å². The van der Waals surface area contributed by atoms with Crippen molar-refractivity contribution in [1.29, 1.82) is 0 Å². The summed E-state index contributed by atoms with van der Waals surface area (Å²) in [4.78, 5) is 27.2. The largest absolute Gasteiger partial charge is 0.357 e. The third-order valence-electron chi connectivity index (χ3n) is 5.23. The molecule has 0 aliphatic rings. The molecule has 1 atom stereocenters. The van der Waals surface area contributed by atoms with E-state index >= 15 is 0 Å². The van der Waals surface area contributed by atoms with Crippen molar-refractivity contribution >= 4 is 62.3 Å². The fourth-order valence-corrected chi connectivity index (χ4v) is 5.06. The molecule has 0 bridgehead atoms. The van der Waals surface area contributed by atoms with Gasteiger partial charge in [0.15, 0.2) is 0 Å². The maximum Gasteiger partial charge on any atom is 0.242 e. The molecule has 0 saturated carbocycles. The number of carbonyl (C=O) groups excluding carboxylic acids is 2. The van der Waals surface area contributed by atoms with Crippen LogP contribution in [0.4, 0.5) is 5.69 Å². The summed E-state index contributed by atoms with van der Waals surface area (Å²) in [6.45, 7) is 2.07. The molecule has 2 rings (SSSR count). The van der Waals surface area contributed by atoms with Crippen LogP contribution in [0.5, 0.6) is 0 Å². The Balaban J connectivity index is 2.21. The predicted molar refractivity (Wildman–Crippen MR) is 138 cm³/mol. The minimum absolute atomic E-state index is 0.0240. The lowest BCUT2D eigenvalue weighted by molar-refractivity contribution is -0.141. The minimum atomic E-state index is -3.68. The highest BCUT2D eigenvalue weighted by Gasteiger charge is 2.28. The van der Waals surface area contributed by atoms with Gasteiger partial charge >= 0.3 is 0 Å². The van der Waals surface area contributed by atoms with Crippen molar-refractivity contribution in [3.05, 3.63) is 63.1 Å². The van der Waals surface area contributed by atoms with Gasteiger partial charge in [0.25, 0.3) is 0 Å². The van der Waals surface area contributed by atoms with E-state index in [1.54, 1.807) is 30.3 Å². The summed E-state index contributed by atoms with van der Waals surface area (Å²) >= 11 is 18.2. The number of sulfonamides is 1. The number of hydrogen-bond acceptors (Lipinski definition) is 4. The van der Waals surface area contributed by atoms with E-state index in [1.807, 2.05) is 6.92 Å². The molecule has 0 heterocycles. The highest BCUT2D eigenvalue weighted by atomic mass is 35.5. The first-order chi connectivity index (χ1) is 16.0. The lowest BCUT2D eigenvalue weighted by atomic mass is 10.1. The molecule has 0 saturated heterocycles. The number of rotatable bonds is 11. The Morgan fingerprint density at radius 3 is 2.21 bits per heavy atom. The average molecular weight is 549 g/mol. The van der Waals surface area contributed by atoms with Crippen LogP contribution in [0.25, 0.3) is 0 Å². The SMILES string of the molecule is CCC(C(=O)NC)N(Cc1ccc(Cl)cc1)C(=O)CCCN(c1cc(Cl)ccc1Cl)S(C)(=O)=O. The topological polar surface area (TPSA) is 86.8 Å². The molecule has 11 heteroatoms. The second kappa shape index (κ2) is 12.6. The molecule has 34 heavy (non-hydrogen) atoms. The lowest BCUT2D eigenvalue weighted by Gasteiger charge is -2.31. The molecule has 0 aliphatic heterocycles. The Labute approximate surface area is 216 Å². The molecule has 2 amide bonds. The number of hydrogen-bond donors (Lipinski definition) is 1. The number of carbonyl (C=O) groups is 2. The van der Waals surface area contributed by atoms with E-state index in [4.69, 9.17) is 34.8 Å². The van der Waals surface area contributed by atoms with E-state index in [9.17, 15) is 18.0 Å². The molecule has 2 aromatic carbocycles. The lowest BCUT2D eigenvalue weighted by Crippen LogP contribution is -2.48. The fraction of sp³-hybridized carbons (Fsp3) is 0.391. The van der Waals surface area contributed by atoms with Crippen molar-refractivity contribution in [2.24, 2.45) is 0 Å². The number of likely N-dealkylation sites (N-methyl/N-ethyl adjacent to an activating group) is 1. The maximum atomic E-state index is 13.2. The van der Waals surface area contributed by atoms with Gasteiger partial charge in [-0.05, 0) is 48.7 Å². The summed E-state index contributed by atoms with van der Waals surface area (Å²) in [6.07, 6.45) is 1.74. The van der Waals surface area contributed by atoms with Crippen LogP contribution in [-0.2, 0) is 26.2 Å². The third kappa shape index (κ3) is 7.77. The number of halogens is 3. The Bertz CT molecular complexity index is 1110. The molecule has 1 N–H and O–H groups in total. The first-order valence-corrected chi connectivity index (χ1v) is 13.6. The molecule has 0 fully saturated rings. The average Bonchev–Trinajstić information content (AvgIpc) is 2.78. The first-order valence-electron chi connectivity index (χ1n) is 10.7. The molecular formula is C23H28Cl3N3O4S. The zero-order valence-corrected chi connectivity index (χ0v) is 22.3. The van der Waals surface area contributed by atoms with Crippen molar-refractivity contribution in [2.45, 2.75) is 38.8 Å². The maximum absolute atomic E-state index is 13.2. The van der Waals surface area contributed by atoms with Gasteiger partial charge < -0.3 is 10.2 Å². The second-order valence-corrected chi connectivity index (χ2v) is 10.9. The number of anilines is 1. The Morgan fingerprint density at radius 2 is 1.65 bits per heavy atom. The van der Waals surface area contributed by atoms with Gasteiger partial charge in [-0.2, -0.15) is 0 Å². The summed E-state index contributed by atoms with van der Waals surface area (Å²) in [5.41, 5.74) is 1.07. The Kier molecular flexibility index (Phi) is 10.5. The number of nitrogens with one attached hydrogen (secondary N) is 1. The van der Waals surface area contributed by atoms with Crippen LogP contribution in [-0.4, -0.2) is 51.0 Å². The summed E-state index contributed by atoms with van der Waals surface area (Å²) < 4.78 is 26.0. The fourth-order valence-electron chi connectivity index (χ4n) is 3.53. The summed E-state index contributed by atoms with van der Waals surface area (Å²) in [7, 11) is -2.16. The summed E-state index contributed by atoms with van der Waals surface area (Å²) in [5, 5.41) is 3.75. The van der Waals surface area contributed by atoms with Crippen LogP contribution in [0.3, 0.4) is 0 Å². The number of nitrogens with zero attached hydrogens (tertiary/aromatic N) is 2. The molecule has 0 aliphatic carbocycles. The van der Waals surface area contributed by atoms with Crippen LogP contribution in [0, 0.1) is 0 Å². The van der Waals surface area contributed by atoms with Crippen molar-refractivity contribution in [3.63, 3.8) is 0 Å². The quantitative estimate of drug-likeness (QED) is 0.439. The van der Waals surface area contributed by atoms with Crippen LogP contribution in [0.1, 0.15) is 31.7 Å². The van der Waals surface area contributed by atoms with Crippen molar-refractivity contribution in [2.75, 3.05) is 24.2 Å². The second-order valence-electron chi connectivity index (χ2n) is 7.72. The van der Waals surface area contributed by atoms with E-state index in [1.165, 1.54) is 24.1 Å². The van der Waals surface area contributed by atoms with E-state index in [0.29, 0.717) is 16.5 Å². The molecule has 0 spiro atoms. The molecule has 2 aromatic rings. The summed E-state index contributed by atoms with van der Waals surface area (Å²) in [6, 6.07) is 10.9. The van der Waals surface area contributed by atoms with E-state index in [-0.39, 0.29) is 48.5 Å². The smallest absolute Gasteiger partial charge is 0.242 e. The molecule has 0 aromatic heterocycles. The first kappa shape index (κ1) is 28.2. The molecule has 1 unspecified atom stereocenters. The standard InChI is InChI=1S/C23H28Cl3N3O4S/c1-4-20(23(31)27-2)28(15-16-7-9-17(24)10-8-16)22(30)6-5-13-29(34(3,32)33)21-14-18(25)11-12-19(21)26/h7-12,14,20H,4-6,13,15H2,1-3H3,(H,27,31). The van der Waals surface area contributed by atoms with Crippen molar-refractivity contribution in [1.82, 2.24) is 10.2 Å². The van der Waals surface area contributed by atoms with E-state index in [2.05, 4.69) is 5.32 Å². The molecule has 7 nitrogen and oxygen atoms in total. The zero-order chi connectivity index (χ0) is 25.5. The molecule has 186 valence electrons. The predicted octanol–water partition coefficient (Wildman–Crippen LogP) is 4.75. The van der Waals surface area contributed by atoms with E-state index < -0.39 is 16.1 Å². The molecule has 0 radical (unpaired) electrons. The van der Waals surface area contributed by atoms with Crippen LogP contribution >= 0.6 is 34.8 Å². The van der Waals surface area contributed by atoms with Gasteiger partial charge in [0.2, 0.25) is 21.8 Å². The Hall–Kier alpha value is -2.00. The zero-order valence-electron chi connectivity index (χ0n) is 19.2. The van der Waals surface area contributed by atoms with Crippen molar-refractivity contribution in [3.8, 4) is 0 Å².